The van der Waals surface area contributed by atoms with E-state index in [1.165, 1.54) is 0 Å². The number of rotatable bonds is 8. The molecule has 0 saturated heterocycles. The molecule has 0 aromatic carbocycles. The van der Waals surface area contributed by atoms with Crippen LogP contribution < -0.4 is 15.4 Å². The number of aliphatic imine (C=N–C) groups is 1. The zero-order chi connectivity index (χ0) is 13.9. The molecule has 0 aliphatic heterocycles. The van der Waals surface area contributed by atoms with E-state index >= 15 is 0 Å². The highest BCUT2D eigenvalue weighted by Crippen LogP contribution is 1.85. The van der Waals surface area contributed by atoms with Gasteiger partial charge in [0.1, 0.15) is 0 Å². The summed E-state index contributed by atoms with van der Waals surface area (Å²) >= 11 is 0. The van der Waals surface area contributed by atoms with E-state index in [4.69, 9.17) is 6.42 Å². The van der Waals surface area contributed by atoms with Gasteiger partial charge in [0.25, 0.3) is 0 Å². The Morgan fingerprint density at radius 3 is 2.53 bits per heavy atom. The average Bonchev–Trinajstić information content (AvgIpc) is 2.35. The van der Waals surface area contributed by atoms with Crippen molar-refractivity contribution in [3.63, 3.8) is 0 Å². The number of hydrogen-bond donors (Lipinski definition) is 3. The minimum absolute atomic E-state index is 0. The van der Waals surface area contributed by atoms with Gasteiger partial charge in [0.15, 0.2) is 5.96 Å². The molecular weight excluding hydrogens is 379 g/mol. The Labute approximate surface area is 133 Å². The first-order chi connectivity index (χ1) is 8.55. The maximum absolute atomic E-state index is 11.1. The van der Waals surface area contributed by atoms with E-state index < -0.39 is 10.0 Å². The summed E-state index contributed by atoms with van der Waals surface area (Å²) in [7, 11) is -3.10. The van der Waals surface area contributed by atoms with E-state index in [2.05, 4.69) is 26.3 Å². The second kappa shape index (κ2) is 12.5. The number of terminal acetylenes is 1. The molecule has 6 nitrogen and oxygen atoms in total. The maximum Gasteiger partial charge on any atom is 0.211 e. The molecule has 0 rings (SSSR count). The number of nitrogens with zero attached hydrogens (tertiary/aromatic N) is 1. The summed E-state index contributed by atoms with van der Waals surface area (Å²) in [4.78, 5) is 4.26. The van der Waals surface area contributed by atoms with Crippen LogP contribution in [-0.2, 0) is 10.0 Å². The van der Waals surface area contributed by atoms with Crippen LogP contribution in [0.5, 0.6) is 0 Å². The third-order valence-corrected chi connectivity index (χ3v) is 3.41. The van der Waals surface area contributed by atoms with Crippen molar-refractivity contribution >= 4 is 40.0 Å². The molecule has 19 heavy (non-hydrogen) atoms. The topological polar surface area (TPSA) is 82.6 Å². The smallest absolute Gasteiger partial charge is 0.211 e. The van der Waals surface area contributed by atoms with Gasteiger partial charge >= 0.3 is 0 Å². The predicted molar refractivity (Wildman–Crippen MR) is 90.3 cm³/mol. The van der Waals surface area contributed by atoms with Gasteiger partial charge in [0.05, 0.1) is 12.3 Å². The highest BCUT2D eigenvalue weighted by molar-refractivity contribution is 14.0. The minimum Gasteiger partial charge on any atom is -0.357 e. The van der Waals surface area contributed by atoms with Crippen LogP contribution in [0.15, 0.2) is 4.99 Å². The van der Waals surface area contributed by atoms with Crippen molar-refractivity contribution in [3.05, 3.63) is 0 Å². The van der Waals surface area contributed by atoms with Gasteiger partial charge in [-0.3, -0.25) is 4.99 Å². The molecule has 0 radical (unpaired) electrons. The van der Waals surface area contributed by atoms with Crippen LogP contribution in [0.25, 0.3) is 0 Å². The van der Waals surface area contributed by atoms with Gasteiger partial charge in [-0.1, -0.05) is 5.92 Å². The highest BCUT2D eigenvalue weighted by Gasteiger charge is 2.03. The first-order valence-corrected chi connectivity index (χ1v) is 7.64. The summed E-state index contributed by atoms with van der Waals surface area (Å²) in [5.41, 5.74) is 0. The molecule has 0 aliphatic rings. The average molecular weight is 402 g/mol. The van der Waals surface area contributed by atoms with E-state index in [0.717, 1.165) is 6.54 Å². The predicted octanol–water partition coefficient (Wildman–Crippen LogP) is 0.122. The summed E-state index contributed by atoms with van der Waals surface area (Å²) in [6, 6.07) is 0. The molecule has 8 heteroatoms. The van der Waals surface area contributed by atoms with Crippen LogP contribution in [0.2, 0.25) is 0 Å². The molecule has 0 bridgehead atoms. The molecule has 0 saturated carbocycles. The molecular formula is C11H23IN4O2S. The lowest BCUT2D eigenvalue weighted by molar-refractivity contribution is 0.581. The van der Waals surface area contributed by atoms with Crippen LogP contribution >= 0.6 is 24.0 Å². The van der Waals surface area contributed by atoms with Gasteiger partial charge in [0, 0.05) is 19.6 Å². The Morgan fingerprint density at radius 2 is 2.00 bits per heavy atom. The van der Waals surface area contributed by atoms with Gasteiger partial charge in [-0.2, -0.15) is 0 Å². The van der Waals surface area contributed by atoms with Gasteiger partial charge in [0.2, 0.25) is 10.0 Å². The molecule has 0 heterocycles. The van der Waals surface area contributed by atoms with Crippen LogP contribution in [0.4, 0.5) is 0 Å². The summed E-state index contributed by atoms with van der Waals surface area (Å²) in [6.07, 6.45) is 5.79. The molecule has 0 unspecified atom stereocenters. The van der Waals surface area contributed by atoms with Crippen molar-refractivity contribution in [1.29, 1.82) is 0 Å². The van der Waals surface area contributed by atoms with Crippen molar-refractivity contribution < 1.29 is 8.42 Å². The molecule has 0 spiro atoms. The fourth-order valence-corrected chi connectivity index (χ4v) is 1.74. The van der Waals surface area contributed by atoms with Gasteiger partial charge in [-0.05, 0) is 20.3 Å². The molecule has 0 aliphatic carbocycles. The first-order valence-electron chi connectivity index (χ1n) is 5.98. The largest absolute Gasteiger partial charge is 0.357 e. The Balaban J connectivity index is 0. The zero-order valence-electron chi connectivity index (χ0n) is 11.4. The Hall–Kier alpha value is -0.530. The summed E-state index contributed by atoms with van der Waals surface area (Å²) < 4.78 is 24.8. The number of hydrogen-bond acceptors (Lipinski definition) is 3. The van der Waals surface area contributed by atoms with E-state index in [1.54, 1.807) is 6.92 Å². The van der Waals surface area contributed by atoms with E-state index in [0.29, 0.717) is 32.0 Å². The van der Waals surface area contributed by atoms with Crippen molar-refractivity contribution in [2.24, 2.45) is 4.99 Å². The summed E-state index contributed by atoms with van der Waals surface area (Å²) in [5.74, 6) is 3.21. The Bertz CT molecular complexity index is 390. The second-order valence-electron chi connectivity index (χ2n) is 3.47. The summed E-state index contributed by atoms with van der Waals surface area (Å²) in [5, 5.41) is 5.99. The van der Waals surface area contributed by atoms with E-state index in [-0.39, 0.29) is 29.7 Å². The lowest BCUT2D eigenvalue weighted by atomic mass is 10.4. The van der Waals surface area contributed by atoms with Gasteiger partial charge < -0.3 is 10.6 Å². The maximum atomic E-state index is 11.1. The fraction of sp³-hybridized carbons (Fsp3) is 0.727. The van der Waals surface area contributed by atoms with E-state index in [1.807, 2.05) is 6.92 Å². The normalized spacial score (nSPS) is 11.3. The zero-order valence-corrected chi connectivity index (χ0v) is 14.5. The summed E-state index contributed by atoms with van der Waals surface area (Å²) in [6.45, 7) is 5.66. The van der Waals surface area contributed by atoms with Gasteiger partial charge in [-0.15, -0.1) is 30.4 Å². The minimum atomic E-state index is -3.10. The van der Waals surface area contributed by atoms with Crippen LogP contribution in [0, 0.1) is 12.3 Å². The molecule has 3 N–H and O–H groups in total. The monoisotopic (exact) mass is 402 g/mol. The third-order valence-electron chi connectivity index (χ3n) is 2.01. The van der Waals surface area contributed by atoms with Crippen molar-refractivity contribution in [2.45, 2.75) is 20.3 Å². The molecule has 112 valence electrons. The Morgan fingerprint density at radius 1 is 1.32 bits per heavy atom. The van der Waals surface area contributed by atoms with Crippen molar-refractivity contribution in [3.8, 4) is 12.3 Å². The van der Waals surface area contributed by atoms with Crippen LogP contribution in [-0.4, -0.2) is 46.3 Å². The Kier molecular flexibility index (Phi) is 13.7. The number of sulfonamides is 1. The number of halogens is 1. The standard InChI is InChI=1S/C11H22N4O2S.HI/c1-4-8-13-11(12-5-2)14-9-7-10-15-18(16,17)6-3;/h1,15H,5-10H2,2-3H3,(H2,12,13,14);1H. The number of nitrogens with one attached hydrogen (secondary N) is 3. The van der Waals surface area contributed by atoms with Crippen LogP contribution in [0.1, 0.15) is 20.3 Å². The fourth-order valence-electron chi connectivity index (χ4n) is 1.08. The second-order valence-corrected chi connectivity index (χ2v) is 5.57. The van der Waals surface area contributed by atoms with Crippen molar-refractivity contribution in [1.82, 2.24) is 15.4 Å². The third kappa shape index (κ3) is 12.3. The lowest BCUT2D eigenvalue weighted by Crippen LogP contribution is -2.37. The number of guanidine groups is 1. The SMILES string of the molecule is C#CCNC(=NCCCNS(=O)(=O)CC)NCC.I. The van der Waals surface area contributed by atoms with Gasteiger partial charge in [-0.25, -0.2) is 13.1 Å². The molecule has 0 amide bonds. The highest BCUT2D eigenvalue weighted by atomic mass is 127. The van der Waals surface area contributed by atoms with E-state index in [9.17, 15) is 8.42 Å². The lowest BCUT2D eigenvalue weighted by Gasteiger charge is -2.08. The molecule has 0 aromatic heterocycles. The van der Waals surface area contributed by atoms with Crippen LogP contribution in [0.3, 0.4) is 0 Å². The molecule has 0 atom stereocenters. The molecule has 0 aromatic rings. The molecule has 0 fully saturated rings. The first kappa shape index (κ1) is 20.8. The quantitative estimate of drug-likeness (QED) is 0.177. The van der Waals surface area contributed by atoms with Crippen molar-refractivity contribution in [2.75, 3.05) is 31.9 Å².